The van der Waals surface area contributed by atoms with Gasteiger partial charge in [0.2, 0.25) is 0 Å². The summed E-state index contributed by atoms with van der Waals surface area (Å²) in [5.41, 5.74) is 0.955. The Bertz CT molecular complexity index is 1140. The second kappa shape index (κ2) is 9.80. The number of amides is 2. The van der Waals surface area contributed by atoms with E-state index in [2.05, 4.69) is 10.6 Å². The number of non-ortho nitro benzene ring substituents is 2. The number of hydrogen-bond donors (Lipinski definition) is 2. The summed E-state index contributed by atoms with van der Waals surface area (Å²) in [6.45, 7) is -0.300. The van der Waals surface area contributed by atoms with E-state index in [0.717, 1.165) is 0 Å². The molecule has 0 aliphatic rings. The smallest absolute Gasteiger partial charge is 0.269 e. The first-order chi connectivity index (χ1) is 15.3. The van der Waals surface area contributed by atoms with Crippen molar-refractivity contribution < 1.29 is 24.2 Å². The molecule has 0 bridgehead atoms. The van der Waals surface area contributed by atoms with Crippen molar-refractivity contribution in [3.05, 3.63) is 98.6 Å². The Labute approximate surface area is 180 Å². The van der Waals surface area contributed by atoms with Crippen LogP contribution in [0, 0.1) is 20.2 Å². The average molecular weight is 436 g/mol. The van der Waals surface area contributed by atoms with Gasteiger partial charge in [-0.1, -0.05) is 0 Å². The molecule has 11 heteroatoms. The highest BCUT2D eigenvalue weighted by Gasteiger charge is 2.10. The van der Waals surface area contributed by atoms with E-state index >= 15 is 0 Å². The third-order valence-corrected chi connectivity index (χ3v) is 4.18. The second-order valence-corrected chi connectivity index (χ2v) is 6.42. The number of nitro groups is 2. The van der Waals surface area contributed by atoms with Crippen LogP contribution in [0.2, 0.25) is 0 Å². The van der Waals surface area contributed by atoms with E-state index in [-0.39, 0.29) is 18.0 Å². The Morgan fingerprint density at radius 2 is 1.19 bits per heavy atom. The van der Waals surface area contributed by atoms with Gasteiger partial charge in [-0.05, 0) is 48.5 Å². The Kier molecular flexibility index (Phi) is 6.71. The van der Waals surface area contributed by atoms with Gasteiger partial charge in [0.1, 0.15) is 5.75 Å². The number of rotatable bonds is 8. The van der Waals surface area contributed by atoms with Crippen molar-refractivity contribution in [3.63, 3.8) is 0 Å². The van der Waals surface area contributed by atoms with Gasteiger partial charge in [0.05, 0.1) is 9.85 Å². The first-order valence-electron chi connectivity index (χ1n) is 9.15. The quantitative estimate of drug-likeness (QED) is 0.402. The molecule has 3 aromatic carbocycles. The molecule has 0 heterocycles. The van der Waals surface area contributed by atoms with Gasteiger partial charge in [-0.3, -0.25) is 29.8 Å². The zero-order valence-electron chi connectivity index (χ0n) is 16.4. The SMILES string of the molecule is O=C(COc1ccc(C(=O)Nc2ccc([N+](=O)[O-])cc2)cc1)Nc1ccc([N+](=O)[O-])cc1. The standard InChI is InChI=1S/C21H16N4O7/c26-20(22-15-3-7-17(8-4-15)24(28)29)13-32-19-11-1-14(2-12-19)21(27)23-16-5-9-18(10-6-16)25(30)31/h1-12H,13H2,(H,22,26)(H,23,27). The lowest BCUT2D eigenvalue weighted by molar-refractivity contribution is -0.385. The highest BCUT2D eigenvalue weighted by molar-refractivity contribution is 6.04. The molecular weight excluding hydrogens is 420 g/mol. The first kappa shape index (κ1) is 21.9. The van der Waals surface area contributed by atoms with E-state index in [4.69, 9.17) is 4.74 Å². The van der Waals surface area contributed by atoms with Gasteiger partial charge in [-0.15, -0.1) is 0 Å². The van der Waals surface area contributed by atoms with Gasteiger partial charge < -0.3 is 15.4 Å². The Morgan fingerprint density at radius 1 is 0.719 bits per heavy atom. The Hall–Kier alpha value is -4.80. The minimum absolute atomic E-state index is 0.0814. The predicted molar refractivity (Wildman–Crippen MR) is 115 cm³/mol. The van der Waals surface area contributed by atoms with Crippen molar-refractivity contribution in [1.82, 2.24) is 0 Å². The number of hydrogen-bond acceptors (Lipinski definition) is 7. The van der Waals surface area contributed by atoms with Crippen LogP contribution in [0.4, 0.5) is 22.7 Å². The lowest BCUT2D eigenvalue weighted by Crippen LogP contribution is -2.20. The van der Waals surface area contributed by atoms with Crippen molar-refractivity contribution in [2.75, 3.05) is 17.2 Å². The fourth-order valence-corrected chi connectivity index (χ4v) is 2.58. The third kappa shape index (κ3) is 5.86. The number of ether oxygens (including phenoxy) is 1. The van der Waals surface area contributed by atoms with Crippen LogP contribution in [0.5, 0.6) is 5.75 Å². The van der Waals surface area contributed by atoms with Crippen LogP contribution in [-0.4, -0.2) is 28.3 Å². The zero-order valence-corrected chi connectivity index (χ0v) is 16.4. The van der Waals surface area contributed by atoms with E-state index in [1.807, 2.05) is 0 Å². The topological polar surface area (TPSA) is 154 Å². The molecular formula is C21H16N4O7. The van der Waals surface area contributed by atoms with Gasteiger partial charge >= 0.3 is 0 Å². The summed E-state index contributed by atoms with van der Waals surface area (Å²) < 4.78 is 5.37. The molecule has 0 fully saturated rings. The van der Waals surface area contributed by atoms with E-state index in [1.165, 1.54) is 72.8 Å². The van der Waals surface area contributed by atoms with Crippen LogP contribution in [0.1, 0.15) is 10.4 Å². The van der Waals surface area contributed by atoms with E-state index in [9.17, 15) is 29.8 Å². The molecule has 2 N–H and O–H groups in total. The van der Waals surface area contributed by atoms with Gasteiger partial charge in [0.15, 0.2) is 6.61 Å². The molecule has 0 aromatic heterocycles. The number of carbonyl (C=O) groups excluding carboxylic acids is 2. The molecule has 0 radical (unpaired) electrons. The van der Waals surface area contributed by atoms with Crippen LogP contribution >= 0.6 is 0 Å². The molecule has 11 nitrogen and oxygen atoms in total. The summed E-state index contributed by atoms with van der Waals surface area (Å²) in [4.78, 5) is 44.5. The maximum atomic E-state index is 12.3. The Morgan fingerprint density at radius 3 is 1.66 bits per heavy atom. The van der Waals surface area contributed by atoms with E-state index in [1.54, 1.807) is 0 Å². The van der Waals surface area contributed by atoms with Crippen molar-refractivity contribution in [2.45, 2.75) is 0 Å². The predicted octanol–water partition coefficient (Wildman–Crippen LogP) is 3.77. The molecule has 3 aromatic rings. The molecule has 32 heavy (non-hydrogen) atoms. The molecule has 162 valence electrons. The van der Waals surface area contributed by atoms with E-state index < -0.39 is 21.7 Å². The zero-order chi connectivity index (χ0) is 23.1. The largest absolute Gasteiger partial charge is 0.484 e. The van der Waals surface area contributed by atoms with Crippen molar-refractivity contribution >= 4 is 34.6 Å². The highest BCUT2D eigenvalue weighted by atomic mass is 16.6. The lowest BCUT2D eigenvalue weighted by atomic mass is 10.2. The van der Waals surface area contributed by atoms with Gasteiger partial charge in [-0.25, -0.2) is 0 Å². The van der Waals surface area contributed by atoms with Gasteiger partial charge in [0.25, 0.3) is 23.2 Å². The van der Waals surface area contributed by atoms with Crippen molar-refractivity contribution in [3.8, 4) is 5.75 Å². The molecule has 0 aliphatic carbocycles. The summed E-state index contributed by atoms with van der Waals surface area (Å²) >= 11 is 0. The minimum atomic E-state index is -0.537. The normalized spacial score (nSPS) is 10.1. The molecule has 2 amide bonds. The maximum Gasteiger partial charge on any atom is 0.269 e. The number of anilines is 2. The first-order valence-corrected chi connectivity index (χ1v) is 9.15. The van der Waals surface area contributed by atoms with E-state index in [0.29, 0.717) is 22.7 Å². The number of carbonyl (C=O) groups is 2. The molecule has 0 atom stereocenters. The van der Waals surface area contributed by atoms with Gasteiger partial charge in [-0.2, -0.15) is 0 Å². The highest BCUT2D eigenvalue weighted by Crippen LogP contribution is 2.18. The fraction of sp³-hybridized carbons (Fsp3) is 0.0476. The number of benzene rings is 3. The molecule has 0 aliphatic heterocycles. The monoisotopic (exact) mass is 436 g/mol. The van der Waals surface area contributed by atoms with Crippen molar-refractivity contribution in [1.29, 1.82) is 0 Å². The van der Waals surface area contributed by atoms with Gasteiger partial charge in [0, 0.05) is 41.2 Å². The van der Waals surface area contributed by atoms with Crippen LogP contribution in [0.15, 0.2) is 72.8 Å². The van der Waals surface area contributed by atoms with Crippen LogP contribution in [-0.2, 0) is 4.79 Å². The van der Waals surface area contributed by atoms with Crippen molar-refractivity contribution in [2.24, 2.45) is 0 Å². The molecule has 0 saturated heterocycles. The molecule has 0 unspecified atom stereocenters. The number of nitro benzene ring substituents is 2. The van der Waals surface area contributed by atoms with Crippen LogP contribution in [0.25, 0.3) is 0 Å². The summed E-state index contributed by atoms with van der Waals surface area (Å²) in [6, 6.07) is 16.8. The van der Waals surface area contributed by atoms with Crippen LogP contribution < -0.4 is 15.4 Å². The third-order valence-electron chi connectivity index (χ3n) is 4.18. The summed E-state index contributed by atoms with van der Waals surface area (Å²) in [5, 5.41) is 26.5. The van der Waals surface area contributed by atoms with Crippen LogP contribution in [0.3, 0.4) is 0 Å². The Balaban J connectivity index is 1.50. The fourth-order valence-electron chi connectivity index (χ4n) is 2.58. The maximum absolute atomic E-state index is 12.3. The molecule has 3 rings (SSSR count). The summed E-state index contributed by atoms with van der Waals surface area (Å²) in [7, 11) is 0. The second-order valence-electron chi connectivity index (χ2n) is 6.42. The lowest BCUT2D eigenvalue weighted by Gasteiger charge is -2.09. The summed E-state index contributed by atoms with van der Waals surface area (Å²) in [5.74, 6) is -0.518. The number of nitrogens with zero attached hydrogens (tertiary/aromatic N) is 2. The number of nitrogens with one attached hydrogen (secondary N) is 2. The molecule has 0 saturated carbocycles. The molecule has 0 spiro atoms. The minimum Gasteiger partial charge on any atom is -0.484 e. The summed E-state index contributed by atoms with van der Waals surface area (Å²) in [6.07, 6.45) is 0. The average Bonchev–Trinajstić information content (AvgIpc) is 2.78.